The molecule has 0 aliphatic heterocycles. The Bertz CT molecular complexity index is 2570. The molecule has 0 saturated heterocycles. The van der Waals surface area contributed by atoms with Crippen LogP contribution in [0, 0.1) is 20.8 Å². The lowest BCUT2D eigenvalue weighted by atomic mass is 10.1. The Morgan fingerprint density at radius 2 is 1.12 bits per heavy atom. The predicted molar refractivity (Wildman–Crippen MR) is 197 cm³/mol. The Morgan fingerprint density at radius 3 is 1.62 bits per heavy atom. The zero-order valence-electron chi connectivity index (χ0n) is 28.3. The fourth-order valence-corrected chi connectivity index (χ4v) is 5.95. The second kappa shape index (κ2) is 13.1. The topological polar surface area (TPSA) is 129 Å². The Balaban J connectivity index is 0.000000157. The van der Waals surface area contributed by atoms with Gasteiger partial charge in [-0.15, -0.1) is 0 Å². The first-order chi connectivity index (χ1) is 24.2. The number of hydrogen-bond donors (Lipinski definition) is 2. The maximum absolute atomic E-state index is 12.6. The zero-order valence-corrected chi connectivity index (χ0v) is 28.3. The maximum atomic E-state index is 12.6. The first-order valence-electron chi connectivity index (χ1n) is 16.1. The number of nitrogens with one attached hydrogen (secondary N) is 2. The Kier molecular flexibility index (Phi) is 8.38. The number of rotatable bonds is 5. The van der Waals surface area contributed by atoms with Crippen LogP contribution in [0.4, 0.5) is 5.69 Å². The highest BCUT2D eigenvalue weighted by Gasteiger charge is 2.17. The molecule has 248 valence electrons. The van der Waals surface area contributed by atoms with Gasteiger partial charge in [-0.2, -0.15) is 0 Å². The number of aromatic nitrogens is 8. The van der Waals surface area contributed by atoms with Crippen LogP contribution in [-0.2, 0) is 0 Å². The van der Waals surface area contributed by atoms with Crippen LogP contribution in [0.2, 0.25) is 0 Å². The zero-order chi connectivity index (χ0) is 34.9. The summed E-state index contributed by atoms with van der Waals surface area (Å²) < 4.78 is 2.98. The molecule has 6 heterocycles. The van der Waals surface area contributed by atoms with Crippen molar-refractivity contribution in [2.24, 2.45) is 0 Å². The molecule has 0 aliphatic carbocycles. The van der Waals surface area contributed by atoms with E-state index in [1.165, 1.54) is 21.2 Å². The Morgan fingerprint density at radius 1 is 0.600 bits per heavy atom. The molecule has 8 aromatic rings. The molecule has 0 spiro atoms. The van der Waals surface area contributed by atoms with Gasteiger partial charge in [-0.05, 0) is 68.3 Å². The van der Waals surface area contributed by atoms with Gasteiger partial charge in [0.25, 0.3) is 11.1 Å². The molecule has 8 rings (SSSR count). The molecule has 2 aromatic carbocycles. The SMILES string of the molecule is Cc1[nH]n2c(=O)cc(-c3cccnc3)nc2c1-c1ccc(N(C)C)cc1.Cc1ccc(-c2cc(=O)n3[nH]c(C)c(-c4ccccc4)c3n2)cn1. The summed E-state index contributed by atoms with van der Waals surface area (Å²) in [7, 11) is 4.01. The van der Waals surface area contributed by atoms with Crippen LogP contribution in [0.3, 0.4) is 0 Å². The number of hydrogen-bond acceptors (Lipinski definition) is 7. The van der Waals surface area contributed by atoms with E-state index in [0.717, 1.165) is 56.1 Å². The second-order valence-electron chi connectivity index (χ2n) is 12.2. The van der Waals surface area contributed by atoms with Crippen LogP contribution < -0.4 is 16.0 Å². The van der Waals surface area contributed by atoms with E-state index in [0.29, 0.717) is 22.7 Å². The number of benzene rings is 2. The summed E-state index contributed by atoms with van der Waals surface area (Å²) in [6.07, 6.45) is 5.16. The van der Waals surface area contributed by atoms with E-state index in [4.69, 9.17) is 9.97 Å². The number of aryl methyl sites for hydroxylation is 3. The van der Waals surface area contributed by atoms with Crippen molar-refractivity contribution in [2.45, 2.75) is 20.8 Å². The Hall–Kier alpha value is -6.62. The average molecular weight is 662 g/mol. The smallest absolute Gasteiger partial charge is 0.273 e. The number of H-pyrrole nitrogens is 2. The number of anilines is 1. The van der Waals surface area contributed by atoms with Crippen LogP contribution in [0.5, 0.6) is 0 Å². The van der Waals surface area contributed by atoms with Crippen molar-refractivity contribution in [3.05, 3.63) is 147 Å². The molecule has 50 heavy (non-hydrogen) atoms. The quantitative estimate of drug-likeness (QED) is 0.216. The summed E-state index contributed by atoms with van der Waals surface area (Å²) in [6, 6.07) is 28.8. The molecule has 0 fully saturated rings. The van der Waals surface area contributed by atoms with Gasteiger partial charge in [0.15, 0.2) is 11.3 Å². The van der Waals surface area contributed by atoms with Gasteiger partial charge in [0.05, 0.1) is 11.4 Å². The summed E-state index contributed by atoms with van der Waals surface area (Å²) >= 11 is 0. The molecular weight excluding hydrogens is 626 g/mol. The average Bonchev–Trinajstić information content (AvgIpc) is 3.65. The summed E-state index contributed by atoms with van der Waals surface area (Å²) in [4.78, 5) is 45.0. The molecule has 0 amide bonds. The van der Waals surface area contributed by atoms with Gasteiger partial charge in [0.1, 0.15) is 0 Å². The van der Waals surface area contributed by atoms with Crippen LogP contribution in [0.25, 0.3) is 56.1 Å². The van der Waals surface area contributed by atoms with Gasteiger partial charge in [0.2, 0.25) is 0 Å². The normalized spacial score (nSPS) is 11.1. The highest BCUT2D eigenvalue weighted by Crippen LogP contribution is 2.30. The molecule has 0 unspecified atom stereocenters. The van der Waals surface area contributed by atoms with Crippen molar-refractivity contribution in [3.63, 3.8) is 0 Å². The number of nitrogens with zero attached hydrogens (tertiary/aromatic N) is 7. The summed E-state index contributed by atoms with van der Waals surface area (Å²) in [5.74, 6) is 0. The molecule has 0 saturated carbocycles. The van der Waals surface area contributed by atoms with Crippen molar-refractivity contribution >= 4 is 17.0 Å². The summed E-state index contributed by atoms with van der Waals surface area (Å²) in [6.45, 7) is 5.83. The lowest BCUT2D eigenvalue weighted by molar-refractivity contribution is 0.882. The molecule has 0 aliphatic rings. The minimum atomic E-state index is -0.145. The van der Waals surface area contributed by atoms with E-state index in [1.807, 2.05) is 89.5 Å². The first-order valence-corrected chi connectivity index (χ1v) is 16.1. The largest absolute Gasteiger partial charge is 0.378 e. The van der Waals surface area contributed by atoms with E-state index in [-0.39, 0.29) is 11.1 Å². The summed E-state index contributed by atoms with van der Waals surface area (Å²) in [5.41, 5.74) is 11.6. The molecule has 6 aromatic heterocycles. The van der Waals surface area contributed by atoms with Crippen molar-refractivity contribution in [2.75, 3.05) is 19.0 Å². The third kappa shape index (κ3) is 6.08. The monoisotopic (exact) mass is 661 g/mol. The number of aromatic amines is 2. The molecular formula is C39H35N9O2. The van der Waals surface area contributed by atoms with E-state index in [2.05, 4.69) is 49.3 Å². The van der Waals surface area contributed by atoms with Gasteiger partial charge in [-0.25, -0.2) is 19.0 Å². The van der Waals surface area contributed by atoms with Crippen molar-refractivity contribution in [1.29, 1.82) is 0 Å². The van der Waals surface area contributed by atoms with Crippen LogP contribution in [-0.4, -0.2) is 53.3 Å². The van der Waals surface area contributed by atoms with Crippen molar-refractivity contribution in [1.82, 2.24) is 39.2 Å². The van der Waals surface area contributed by atoms with Crippen LogP contribution in [0.15, 0.2) is 119 Å². The van der Waals surface area contributed by atoms with Crippen LogP contribution in [0.1, 0.15) is 17.1 Å². The summed E-state index contributed by atoms with van der Waals surface area (Å²) in [5, 5.41) is 6.23. The minimum absolute atomic E-state index is 0.138. The maximum Gasteiger partial charge on any atom is 0.273 e. The minimum Gasteiger partial charge on any atom is -0.378 e. The fourth-order valence-electron chi connectivity index (χ4n) is 5.95. The number of pyridine rings is 2. The van der Waals surface area contributed by atoms with E-state index in [1.54, 1.807) is 18.6 Å². The molecule has 11 nitrogen and oxygen atoms in total. The molecule has 2 N–H and O–H groups in total. The van der Waals surface area contributed by atoms with Gasteiger partial charge < -0.3 is 4.90 Å². The highest BCUT2D eigenvalue weighted by molar-refractivity contribution is 5.82. The fraction of sp³-hybridized carbons (Fsp3) is 0.128. The third-order valence-corrected chi connectivity index (χ3v) is 8.49. The van der Waals surface area contributed by atoms with Crippen molar-refractivity contribution in [3.8, 4) is 44.8 Å². The second-order valence-corrected chi connectivity index (χ2v) is 12.2. The lowest BCUT2D eigenvalue weighted by Crippen LogP contribution is -2.14. The molecule has 0 bridgehead atoms. The van der Waals surface area contributed by atoms with E-state index >= 15 is 0 Å². The van der Waals surface area contributed by atoms with E-state index in [9.17, 15) is 9.59 Å². The van der Waals surface area contributed by atoms with E-state index < -0.39 is 0 Å². The first kappa shape index (κ1) is 32.0. The van der Waals surface area contributed by atoms with Gasteiger partial charge in [-0.3, -0.25) is 29.8 Å². The standard InChI is InChI=1S/C20H19N5O.C19H16N4O/c1-13-19(14-6-8-16(9-7-14)24(2)3)20-22-17(11-18(26)25(20)23-13)15-5-4-10-21-12-15;1-12-8-9-15(11-20-12)16-10-17(24)23-19(21-16)18(13(2)22-23)14-6-4-3-5-7-14/h4-12,23H,1-3H3;3-11,22H,1-2H3. The highest BCUT2D eigenvalue weighted by atomic mass is 16.1. The predicted octanol–water partition coefficient (Wildman–Crippen LogP) is 6.49. The Labute approximate surface area is 287 Å². The molecule has 11 heteroatoms. The van der Waals surface area contributed by atoms with Crippen molar-refractivity contribution < 1.29 is 0 Å². The van der Waals surface area contributed by atoms with Gasteiger partial charge >= 0.3 is 0 Å². The number of fused-ring (bicyclic) bond motifs is 2. The molecule has 0 atom stereocenters. The lowest BCUT2D eigenvalue weighted by Gasteiger charge is -2.12. The van der Waals surface area contributed by atoms with Gasteiger partial charge in [0, 0.05) is 89.8 Å². The third-order valence-electron chi connectivity index (χ3n) is 8.49. The molecule has 0 radical (unpaired) electrons. The van der Waals surface area contributed by atoms with Crippen LogP contribution >= 0.6 is 0 Å². The van der Waals surface area contributed by atoms with Gasteiger partial charge in [-0.1, -0.05) is 42.5 Å².